The number of para-hydroxylation sites is 1. The van der Waals surface area contributed by atoms with Crippen molar-refractivity contribution in [1.29, 1.82) is 0 Å². The van der Waals surface area contributed by atoms with Gasteiger partial charge in [0.05, 0.1) is 5.69 Å². The van der Waals surface area contributed by atoms with E-state index in [9.17, 15) is 8.42 Å². The summed E-state index contributed by atoms with van der Waals surface area (Å²) >= 11 is 0. The van der Waals surface area contributed by atoms with Crippen molar-refractivity contribution < 1.29 is 8.42 Å². The zero-order valence-corrected chi connectivity index (χ0v) is 14.5. The predicted octanol–water partition coefficient (Wildman–Crippen LogP) is 3.78. The zero-order chi connectivity index (χ0) is 17.5. The lowest BCUT2D eigenvalue weighted by Gasteiger charge is -2.13. The van der Waals surface area contributed by atoms with Gasteiger partial charge in [-0.1, -0.05) is 72.8 Å². The topological polar surface area (TPSA) is 58.2 Å². The molecule has 0 unspecified atom stereocenters. The van der Waals surface area contributed by atoms with Crippen LogP contribution in [0.25, 0.3) is 0 Å². The third kappa shape index (κ3) is 4.68. The third-order valence-corrected chi connectivity index (χ3v) is 5.27. The number of rotatable bonds is 7. The van der Waals surface area contributed by atoms with E-state index in [1.165, 1.54) is 0 Å². The molecule has 0 radical (unpaired) electrons. The SMILES string of the molecule is O=S(=O)(NCc1ccccc1)c1ccccc1NCc1ccccc1. The first kappa shape index (κ1) is 17.2. The molecule has 3 rings (SSSR count). The van der Waals surface area contributed by atoms with E-state index in [1.807, 2.05) is 66.7 Å². The van der Waals surface area contributed by atoms with Crippen LogP contribution in [0.1, 0.15) is 11.1 Å². The van der Waals surface area contributed by atoms with Crippen LogP contribution in [0.4, 0.5) is 5.69 Å². The normalized spacial score (nSPS) is 11.2. The number of hydrogen-bond acceptors (Lipinski definition) is 3. The standard InChI is InChI=1S/C20H20N2O2S/c23-25(24,22-16-18-11-5-2-6-12-18)20-14-8-7-13-19(20)21-15-17-9-3-1-4-10-17/h1-14,21-22H,15-16H2. The highest BCUT2D eigenvalue weighted by atomic mass is 32.2. The van der Waals surface area contributed by atoms with Gasteiger partial charge in [0.2, 0.25) is 10.0 Å². The molecular weight excluding hydrogens is 332 g/mol. The summed E-state index contributed by atoms with van der Waals surface area (Å²) < 4.78 is 28.0. The second-order valence-electron chi connectivity index (χ2n) is 5.65. The Kier molecular flexibility index (Phi) is 5.48. The van der Waals surface area contributed by atoms with Crippen molar-refractivity contribution in [2.45, 2.75) is 18.0 Å². The van der Waals surface area contributed by atoms with Gasteiger partial charge in [0.1, 0.15) is 4.90 Å². The fraction of sp³-hybridized carbons (Fsp3) is 0.100. The molecule has 0 bridgehead atoms. The molecule has 0 aliphatic rings. The van der Waals surface area contributed by atoms with Crippen LogP contribution in [0, 0.1) is 0 Å². The zero-order valence-electron chi connectivity index (χ0n) is 13.7. The third-order valence-electron chi connectivity index (χ3n) is 3.81. The molecule has 0 aliphatic carbocycles. The minimum atomic E-state index is -3.61. The highest BCUT2D eigenvalue weighted by Gasteiger charge is 2.17. The molecule has 0 fully saturated rings. The summed E-state index contributed by atoms with van der Waals surface area (Å²) in [5, 5.41) is 3.21. The van der Waals surface area contributed by atoms with Gasteiger partial charge in [0.25, 0.3) is 0 Å². The van der Waals surface area contributed by atoms with Crippen molar-refractivity contribution in [2.75, 3.05) is 5.32 Å². The summed E-state index contributed by atoms with van der Waals surface area (Å²) in [5.74, 6) is 0. The van der Waals surface area contributed by atoms with E-state index in [1.54, 1.807) is 18.2 Å². The van der Waals surface area contributed by atoms with E-state index in [2.05, 4.69) is 10.0 Å². The molecule has 0 saturated carbocycles. The maximum absolute atomic E-state index is 12.7. The fourth-order valence-electron chi connectivity index (χ4n) is 2.49. The lowest BCUT2D eigenvalue weighted by molar-refractivity contribution is 0.581. The van der Waals surface area contributed by atoms with Crippen molar-refractivity contribution in [3.63, 3.8) is 0 Å². The van der Waals surface area contributed by atoms with Crippen molar-refractivity contribution in [2.24, 2.45) is 0 Å². The van der Waals surface area contributed by atoms with Gasteiger partial charge in [0, 0.05) is 13.1 Å². The van der Waals surface area contributed by atoms with E-state index in [0.29, 0.717) is 12.2 Å². The van der Waals surface area contributed by atoms with Crippen LogP contribution in [0.5, 0.6) is 0 Å². The van der Waals surface area contributed by atoms with Crippen molar-refractivity contribution in [3.05, 3.63) is 96.1 Å². The second-order valence-corrected chi connectivity index (χ2v) is 7.38. The van der Waals surface area contributed by atoms with Gasteiger partial charge < -0.3 is 5.32 Å². The minimum Gasteiger partial charge on any atom is -0.380 e. The van der Waals surface area contributed by atoms with Crippen LogP contribution in [0.2, 0.25) is 0 Å². The van der Waals surface area contributed by atoms with E-state index in [-0.39, 0.29) is 11.4 Å². The summed E-state index contributed by atoms with van der Waals surface area (Å²) in [7, 11) is -3.61. The van der Waals surface area contributed by atoms with Crippen molar-refractivity contribution in [3.8, 4) is 0 Å². The Morgan fingerprint density at radius 2 is 1.16 bits per heavy atom. The van der Waals surface area contributed by atoms with Crippen LogP contribution < -0.4 is 10.0 Å². The largest absolute Gasteiger partial charge is 0.380 e. The Hall–Kier alpha value is -2.63. The van der Waals surface area contributed by atoms with E-state index in [0.717, 1.165) is 11.1 Å². The number of hydrogen-bond donors (Lipinski definition) is 2. The molecule has 3 aromatic rings. The Labute approximate surface area is 148 Å². The number of nitrogens with one attached hydrogen (secondary N) is 2. The Morgan fingerprint density at radius 1 is 0.640 bits per heavy atom. The molecular formula is C20H20N2O2S. The van der Waals surface area contributed by atoms with Gasteiger partial charge >= 0.3 is 0 Å². The summed E-state index contributed by atoms with van der Waals surface area (Å²) in [6.45, 7) is 0.822. The highest BCUT2D eigenvalue weighted by molar-refractivity contribution is 7.89. The smallest absolute Gasteiger partial charge is 0.242 e. The van der Waals surface area contributed by atoms with Crippen molar-refractivity contribution in [1.82, 2.24) is 4.72 Å². The first-order valence-electron chi connectivity index (χ1n) is 8.05. The molecule has 0 aromatic heterocycles. The average molecular weight is 352 g/mol. The molecule has 128 valence electrons. The number of anilines is 1. The fourth-order valence-corrected chi connectivity index (χ4v) is 3.69. The molecule has 0 aliphatic heterocycles. The van der Waals surface area contributed by atoms with Crippen LogP contribution in [-0.2, 0) is 23.1 Å². The van der Waals surface area contributed by atoms with Gasteiger partial charge in [-0.2, -0.15) is 0 Å². The van der Waals surface area contributed by atoms with E-state index < -0.39 is 10.0 Å². The number of benzene rings is 3. The molecule has 0 spiro atoms. The maximum atomic E-state index is 12.7. The van der Waals surface area contributed by atoms with E-state index >= 15 is 0 Å². The molecule has 25 heavy (non-hydrogen) atoms. The lowest BCUT2D eigenvalue weighted by Crippen LogP contribution is -2.24. The summed E-state index contributed by atoms with van der Waals surface area (Å²) in [4.78, 5) is 0.252. The highest BCUT2D eigenvalue weighted by Crippen LogP contribution is 2.21. The quantitative estimate of drug-likeness (QED) is 0.680. The lowest BCUT2D eigenvalue weighted by atomic mass is 10.2. The molecule has 0 saturated heterocycles. The summed E-state index contributed by atoms with van der Waals surface area (Å²) in [5.41, 5.74) is 2.60. The molecule has 2 N–H and O–H groups in total. The van der Waals surface area contributed by atoms with Gasteiger partial charge in [-0.05, 0) is 23.3 Å². The van der Waals surface area contributed by atoms with E-state index in [4.69, 9.17) is 0 Å². The average Bonchev–Trinajstić information content (AvgIpc) is 2.67. The van der Waals surface area contributed by atoms with Crippen LogP contribution in [0.15, 0.2) is 89.8 Å². The van der Waals surface area contributed by atoms with Crippen LogP contribution in [0.3, 0.4) is 0 Å². The van der Waals surface area contributed by atoms with Gasteiger partial charge in [-0.15, -0.1) is 0 Å². The van der Waals surface area contributed by atoms with Gasteiger partial charge in [-0.25, -0.2) is 13.1 Å². The van der Waals surface area contributed by atoms with Gasteiger partial charge in [0.15, 0.2) is 0 Å². The maximum Gasteiger partial charge on any atom is 0.242 e. The molecule has 4 nitrogen and oxygen atoms in total. The molecule has 3 aromatic carbocycles. The Morgan fingerprint density at radius 3 is 1.80 bits per heavy atom. The second kappa shape index (κ2) is 7.96. The summed E-state index contributed by atoms with van der Waals surface area (Å²) in [6.07, 6.45) is 0. The molecule has 0 atom stereocenters. The minimum absolute atomic E-state index is 0.252. The first-order valence-corrected chi connectivity index (χ1v) is 9.54. The summed E-state index contributed by atoms with van der Waals surface area (Å²) in [6, 6.07) is 26.3. The first-order chi connectivity index (χ1) is 12.1. The number of sulfonamides is 1. The molecule has 5 heteroatoms. The van der Waals surface area contributed by atoms with Crippen molar-refractivity contribution >= 4 is 15.7 Å². The predicted molar refractivity (Wildman–Crippen MR) is 101 cm³/mol. The van der Waals surface area contributed by atoms with Crippen LogP contribution >= 0.6 is 0 Å². The van der Waals surface area contributed by atoms with Gasteiger partial charge in [-0.3, -0.25) is 0 Å². The molecule has 0 amide bonds. The monoisotopic (exact) mass is 352 g/mol. The Bertz CT molecular complexity index is 911. The van der Waals surface area contributed by atoms with Crippen LogP contribution in [-0.4, -0.2) is 8.42 Å². The Balaban J connectivity index is 1.74. The molecule has 0 heterocycles.